The highest BCUT2D eigenvalue weighted by atomic mass is 15.1. The lowest BCUT2D eigenvalue weighted by molar-refractivity contribution is 0.773. The van der Waals surface area contributed by atoms with Crippen molar-refractivity contribution in [2.75, 3.05) is 0 Å². The highest BCUT2D eigenvalue weighted by molar-refractivity contribution is 6.04. The summed E-state index contributed by atoms with van der Waals surface area (Å²) >= 11 is 0. The van der Waals surface area contributed by atoms with E-state index in [0.717, 1.165) is 18.5 Å². The van der Waals surface area contributed by atoms with Crippen LogP contribution in [0.15, 0.2) is 36.4 Å². The molecule has 0 radical (unpaired) electrons. The molecule has 4 rings (SSSR count). The van der Waals surface area contributed by atoms with Gasteiger partial charge in [-0.25, -0.2) is 4.98 Å². The van der Waals surface area contributed by atoms with Gasteiger partial charge in [0, 0.05) is 18.4 Å². The summed E-state index contributed by atoms with van der Waals surface area (Å²) < 4.78 is 2.39. The molecular weight excluding hydrogens is 196 g/mol. The van der Waals surface area contributed by atoms with Gasteiger partial charge in [-0.3, -0.25) is 0 Å². The average Bonchev–Trinajstić information content (AvgIpc) is 2.88. The molecule has 1 aliphatic heterocycles. The van der Waals surface area contributed by atoms with Crippen LogP contribution in [0.1, 0.15) is 12.2 Å². The lowest BCUT2D eigenvalue weighted by atomic mass is 10.1. The van der Waals surface area contributed by atoms with Crippen LogP contribution in [0, 0.1) is 0 Å². The fraction of sp³-hybridized carbons (Fsp3) is 0.214. The molecule has 0 amide bonds. The van der Waals surface area contributed by atoms with Crippen LogP contribution in [0.25, 0.3) is 21.8 Å². The Balaban J connectivity index is 2.27. The zero-order chi connectivity index (χ0) is 10.5. The number of benzene rings is 2. The van der Waals surface area contributed by atoms with E-state index in [1.807, 2.05) is 0 Å². The summed E-state index contributed by atoms with van der Waals surface area (Å²) in [5, 5.41) is 2.64. The third kappa shape index (κ3) is 0.941. The van der Waals surface area contributed by atoms with Crippen LogP contribution in [-0.4, -0.2) is 9.55 Å². The van der Waals surface area contributed by atoms with Crippen molar-refractivity contribution in [2.45, 2.75) is 19.4 Å². The summed E-state index contributed by atoms with van der Waals surface area (Å²) in [6.45, 7) is 1.12. The predicted octanol–water partition coefficient (Wildman–Crippen LogP) is 3.14. The molecule has 0 aliphatic carbocycles. The van der Waals surface area contributed by atoms with Crippen molar-refractivity contribution >= 4 is 21.8 Å². The molecule has 0 bridgehead atoms. The van der Waals surface area contributed by atoms with Crippen molar-refractivity contribution in [1.82, 2.24) is 9.55 Å². The zero-order valence-electron chi connectivity index (χ0n) is 8.98. The Kier molecular flexibility index (Phi) is 1.48. The number of aromatic nitrogens is 2. The molecule has 16 heavy (non-hydrogen) atoms. The first-order valence-corrected chi connectivity index (χ1v) is 5.80. The predicted molar refractivity (Wildman–Crippen MR) is 65.6 cm³/mol. The van der Waals surface area contributed by atoms with Gasteiger partial charge in [0.05, 0.1) is 11.0 Å². The van der Waals surface area contributed by atoms with Gasteiger partial charge in [-0.15, -0.1) is 0 Å². The molecule has 0 atom stereocenters. The number of fused-ring (bicyclic) bond motifs is 5. The van der Waals surface area contributed by atoms with Gasteiger partial charge in [-0.05, 0) is 17.9 Å². The van der Waals surface area contributed by atoms with Crippen molar-refractivity contribution < 1.29 is 0 Å². The molecule has 0 saturated heterocycles. The second-order valence-electron chi connectivity index (χ2n) is 4.44. The van der Waals surface area contributed by atoms with Crippen molar-refractivity contribution in [2.24, 2.45) is 0 Å². The summed E-state index contributed by atoms with van der Waals surface area (Å²) in [7, 11) is 0. The van der Waals surface area contributed by atoms with Crippen LogP contribution in [0.3, 0.4) is 0 Å². The highest BCUT2D eigenvalue weighted by Gasteiger charge is 2.17. The molecule has 1 aromatic heterocycles. The van der Waals surface area contributed by atoms with Gasteiger partial charge in [0.25, 0.3) is 0 Å². The first-order chi connectivity index (χ1) is 7.93. The van der Waals surface area contributed by atoms with E-state index in [4.69, 9.17) is 4.98 Å². The monoisotopic (exact) mass is 208 g/mol. The van der Waals surface area contributed by atoms with Crippen LogP contribution in [0.4, 0.5) is 0 Å². The SMILES string of the molecule is c1ccc2c(c1)ccc1nc3n(c12)CCC3. The van der Waals surface area contributed by atoms with Crippen molar-refractivity contribution in [3.8, 4) is 0 Å². The van der Waals surface area contributed by atoms with Gasteiger partial charge < -0.3 is 4.57 Å². The second kappa shape index (κ2) is 2.85. The van der Waals surface area contributed by atoms with Crippen LogP contribution >= 0.6 is 0 Å². The van der Waals surface area contributed by atoms with Crippen LogP contribution < -0.4 is 0 Å². The molecule has 2 heterocycles. The van der Waals surface area contributed by atoms with E-state index in [2.05, 4.69) is 41.0 Å². The van der Waals surface area contributed by atoms with E-state index in [0.29, 0.717) is 0 Å². The van der Waals surface area contributed by atoms with Gasteiger partial charge in [0.2, 0.25) is 0 Å². The first-order valence-electron chi connectivity index (χ1n) is 5.80. The normalized spacial score (nSPS) is 14.8. The minimum Gasteiger partial charge on any atom is -0.327 e. The Bertz CT molecular complexity index is 694. The maximum atomic E-state index is 4.71. The number of nitrogens with zero attached hydrogens (tertiary/aromatic N) is 2. The molecule has 0 N–H and O–H groups in total. The van der Waals surface area contributed by atoms with Crippen molar-refractivity contribution in [1.29, 1.82) is 0 Å². The topological polar surface area (TPSA) is 17.8 Å². The molecule has 2 heteroatoms. The molecule has 2 nitrogen and oxygen atoms in total. The number of hydrogen-bond donors (Lipinski definition) is 0. The highest BCUT2D eigenvalue weighted by Crippen LogP contribution is 2.29. The molecule has 0 spiro atoms. The summed E-state index contributed by atoms with van der Waals surface area (Å²) in [4.78, 5) is 4.71. The van der Waals surface area contributed by atoms with Gasteiger partial charge in [-0.2, -0.15) is 0 Å². The molecule has 0 fully saturated rings. The van der Waals surface area contributed by atoms with Gasteiger partial charge >= 0.3 is 0 Å². The smallest absolute Gasteiger partial charge is 0.109 e. The van der Waals surface area contributed by atoms with E-state index in [-0.39, 0.29) is 0 Å². The van der Waals surface area contributed by atoms with E-state index < -0.39 is 0 Å². The lowest BCUT2D eigenvalue weighted by Gasteiger charge is -2.03. The zero-order valence-corrected chi connectivity index (χ0v) is 8.98. The maximum Gasteiger partial charge on any atom is 0.109 e. The van der Waals surface area contributed by atoms with Gasteiger partial charge in [0.15, 0.2) is 0 Å². The average molecular weight is 208 g/mol. The van der Waals surface area contributed by atoms with Gasteiger partial charge in [-0.1, -0.05) is 30.3 Å². The Morgan fingerprint density at radius 1 is 1.06 bits per heavy atom. The first kappa shape index (κ1) is 8.34. The fourth-order valence-corrected chi connectivity index (χ4v) is 2.77. The Labute approximate surface area is 93.5 Å². The summed E-state index contributed by atoms with van der Waals surface area (Å²) in [5.41, 5.74) is 2.47. The molecular formula is C14H12N2. The van der Waals surface area contributed by atoms with E-state index >= 15 is 0 Å². The van der Waals surface area contributed by atoms with E-state index in [1.54, 1.807) is 0 Å². The molecule has 3 aromatic rings. The standard InChI is InChI=1S/C14H12N2/c1-2-5-11-10(4-1)7-8-12-14(11)16-9-3-6-13(16)15-12/h1-2,4-5,7-8H,3,6,9H2. The molecule has 78 valence electrons. The number of aryl methyl sites for hydroxylation is 2. The third-order valence-corrected chi connectivity index (χ3v) is 3.49. The van der Waals surface area contributed by atoms with Crippen molar-refractivity contribution in [3.05, 3.63) is 42.2 Å². The quantitative estimate of drug-likeness (QED) is 0.555. The number of hydrogen-bond acceptors (Lipinski definition) is 1. The van der Waals surface area contributed by atoms with E-state index in [1.165, 1.54) is 28.5 Å². The molecule has 0 saturated carbocycles. The summed E-state index contributed by atoms with van der Waals surface area (Å²) in [5.74, 6) is 1.26. The largest absolute Gasteiger partial charge is 0.327 e. The molecule has 2 aromatic carbocycles. The van der Waals surface area contributed by atoms with Crippen LogP contribution in [0.5, 0.6) is 0 Å². The minimum atomic E-state index is 1.12. The van der Waals surface area contributed by atoms with Crippen LogP contribution in [-0.2, 0) is 13.0 Å². The minimum absolute atomic E-state index is 1.12. The molecule has 1 aliphatic rings. The molecule has 0 unspecified atom stereocenters. The Hall–Kier alpha value is -1.83. The lowest BCUT2D eigenvalue weighted by Crippen LogP contribution is -1.91. The number of imidazole rings is 1. The second-order valence-corrected chi connectivity index (χ2v) is 4.44. The maximum absolute atomic E-state index is 4.71. The summed E-state index contributed by atoms with van der Waals surface area (Å²) in [6, 6.07) is 12.9. The Morgan fingerprint density at radius 2 is 2.00 bits per heavy atom. The Morgan fingerprint density at radius 3 is 3.00 bits per heavy atom. The van der Waals surface area contributed by atoms with Gasteiger partial charge in [0.1, 0.15) is 5.82 Å². The fourth-order valence-electron chi connectivity index (χ4n) is 2.77. The number of rotatable bonds is 0. The summed E-state index contributed by atoms with van der Waals surface area (Å²) in [6.07, 6.45) is 2.37. The van der Waals surface area contributed by atoms with Crippen LogP contribution in [0.2, 0.25) is 0 Å². The third-order valence-electron chi connectivity index (χ3n) is 3.49. The van der Waals surface area contributed by atoms with Crippen molar-refractivity contribution in [3.63, 3.8) is 0 Å². The van der Waals surface area contributed by atoms with E-state index in [9.17, 15) is 0 Å².